The van der Waals surface area contributed by atoms with E-state index in [1.807, 2.05) is 36.4 Å². The molecule has 0 saturated carbocycles. The molecule has 0 radical (unpaired) electrons. The molecule has 2 rings (SSSR count). The summed E-state index contributed by atoms with van der Waals surface area (Å²) < 4.78 is 0. The van der Waals surface area contributed by atoms with Gasteiger partial charge in [-0.2, -0.15) is 0 Å². The van der Waals surface area contributed by atoms with Gasteiger partial charge in [-0.05, 0) is 22.1 Å². The molecule has 4 nitrogen and oxygen atoms in total. The van der Waals surface area contributed by atoms with Crippen molar-refractivity contribution in [3.63, 3.8) is 0 Å². The maximum atomic E-state index is 3.68. The quantitative estimate of drug-likeness (QED) is 0.603. The summed E-state index contributed by atoms with van der Waals surface area (Å²) in [6.45, 7) is 0. The predicted octanol–water partition coefficient (Wildman–Crippen LogP) is 2.82. The standard InChI is InChI=1S/C8H6N4/c1-2-4-7(5-3-1)6-8-9-11-12-10-8/h1-6H. The van der Waals surface area contributed by atoms with Crippen molar-refractivity contribution < 1.29 is 0 Å². The summed E-state index contributed by atoms with van der Waals surface area (Å²) in [5.41, 5.74) is 1.05. The summed E-state index contributed by atoms with van der Waals surface area (Å²) in [6, 6.07) is 9.80. The first-order valence-corrected chi connectivity index (χ1v) is 3.54. The van der Waals surface area contributed by atoms with Gasteiger partial charge in [0.05, 0.1) is 0 Å². The molecule has 0 atom stereocenters. The van der Waals surface area contributed by atoms with Crippen LogP contribution in [0.5, 0.6) is 0 Å². The van der Waals surface area contributed by atoms with E-state index in [-0.39, 0.29) is 0 Å². The van der Waals surface area contributed by atoms with E-state index in [4.69, 9.17) is 0 Å². The Morgan fingerprint density at radius 1 is 0.917 bits per heavy atom. The molecule has 1 aliphatic heterocycles. The Morgan fingerprint density at radius 3 is 2.25 bits per heavy atom. The molecule has 1 heterocycles. The van der Waals surface area contributed by atoms with Gasteiger partial charge in [-0.25, -0.2) is 0 Å². The van der Waals surface area contributed by atoms with E-state index in [1.165, 1.54) is 0 Å². The topological polar surface area (TPSA) is 49.4 Å². The lowest BCUT2D eigenvalue weighted by molar-refractivity contribution is 1.06. The van der Waals surface area contributed by atoms with Crippen molar-refractivity contribution in [1.29, 1.82) is 0 Å². The SMILES string of the molecule is C(=C1N=NN=N1)c1ccccc1. The summed E-state index contributed by atoms with van der Waals surface area (Å²) in [6.07, 6.45) is 1.82. The second kappa shape index (κ2) is 3.04. The molecular weight excluding hydrogens is 152 g/mol. The molecule has 0 aromatic heterocycles. The largest absolute Gasteiger partial charge is 0.200 e. The van der Waals surface area contributed by atoms with E-state index in [0.29, 0.717) is 5.82 Å². The summed E-state index contributed by atoms with van der Waals surface area (Å²) in [7, 11) is 0. The molecule has 0 amide bonds. The average Bonchev–Trinajstić information content (AvgIpc) is 2.59. The molecule has 0 bridgehead atoms. The van der Waals surface area contributed by atoms with Gasteiger partial charge < -0.3 is 0 Å². The molecule has 1 aromatic rings. The molecule has 1 aliphatic rings. The third-order valence-electron chi connectivity index (χ3n) is 1.43. The van der Waals surface area contributed by atoms with Crippen LogP contribution in [0.15, 0.2) is 56.8 Å². The van der Waals surface area contributed by atoms with Crippen molar-refractivity contribution >= 4 is 6.08 Å². The molecule has 4 heteroatoms. The molecule has 0 N–H and O–H groups in total. The van der Waals surface area contributed by atoms with E-state index >= 15 is 0 Å². The van der Waals surface area contributed by atoms with Crippen LogP contribution in [-0.2, 0) is 0 Å². The Bertz CT molecular complexity index is 337. The van der Waals surface area contributed by atoms with Crippen molar-refractivity contribution in [2.75, 3.05) is 0 Å². The highest BCUT2D eigenvalue weighted by Crippen LogP contribution is 2.13. The van der Waals surface area contributed by atoms with Crippen LogP contribution in [0.4, 0.5) is 0 Å². The number of hydrogen-bond acceptors (Lipinski definition) is 4. The monoisotopic (exact) mass is 158 g/mol. The zero-order chi connectivity index (χ0) is 8.23. The Balaban J connectivity index is 2.29. The van der Waals surface area contributed by atoms with E-state index in [2.05, 4.69) is 20.7 Å². The number of nitrogens with zero attached hydrogens (tertiary/aromatic N) is 4. The van der Waals surface area contributed by atoms with Crippen LogP contribution in [0.1, 0.15) is 5.56 Å². The first-order valence-electron chi connectivity index (χ1n) is 3.54. The third kappa shape index (κ3) is 1.42. The van der Waals surface area contributed by atoms with Gasteiger partial charge in [0.15, 0.2) is 0 Å². The summed E-state index contributed by atoms with van der Waals surface area (Å²) in [4.78, 5) is 0. The van der Waals surface area contributed by atoms with Crippen molar-refractivity contribution in [3.05, 3.63) is 41.7 Å². The van der Waals surface area contributed by atoms with E-state index < -0.39 is 0 Å². The van der Waals surface area contributed by atoms with Crippen LogP contribution < -0.4 is 0 Å². The minimum absolute atomic E-state index is 0.543. The zero-order valence-electron chi connectivity index (χ0n) is 6.25. The van der Waals surface area contributed by atoms with Crippen LogP contribution in [-0.4, -0.2) is 0 Å². The molecule has 0 spiro atoms. The highest BCUT2D eigenvalue weighted by molar-refractivity contribution is 5.51. The fraction of sp³-hybridized carbons (Fsp3) is 0. The van der Waals surface area contributed by atoms with Crippen molar-refractivity contribution in [2.24, 2.45) is 20.7 Å². The first-order chi connectivity index (χ1) is 5.95. The summed E-state index contributed by atoms with van der Waals surface area (Å²) >= 11 is 0. The summed E-state index contributed by atoms with van der Waals surface area (Å²) in [5.74, 6) is 0.543. The van der Waals surface area contributed by atoms with Crippen molar-refractivity contribution in [3.8, 4) is 0 Å². The molecule has 0 saturated heterocycles. The van der Waals surface area contributed by atoms with Gasteiger partial charge in [0.1, 0.15) is 0 Å². The first kappa shape index (κ1) is 6.84. The molecule has 0 aliphatic carbocycles. The second-order valence-corrected chi connectivity index (χ2v) is 2.29. The van der Waals surface area contributed by atoms with E-state index in [9.17, 15) is 0 Å². The van der Waals surface area contributed by atoms with Crippen LogP contribution in [0, 0.1) is 0 Å². The molecule has 0 fully saturated rings. The summed E-state index contributed by atoms with van der Waals surface area (Å²) in [5, 5.41) is 14.1. The van der Waals surface area contributed by atoms with Crippen LogP contribution in [0.25, 0.3) is 6.08 Å². The number of hydrogen-bond donors (Lipinski definition) is 0. The zero-order valence-corrected chi connectivity index (χ0v) is 6.25. The smallest absolute Gasteiger partial charge is 0.107 e. The van der Waals surface area contributed by atoms with Gasteiger partial charge in [0.2, 0.25) is 5.82 Å². The van der Waals surface area contributed by atoms with Gasteiger partial charge in [-0.15, -0.1) is 10.2 Å². The van der Waals surface area contributed by atoms with E-state index in [0.717, 1.165) is 5.56 Å². The van der Waals surface area contributed by atoms with Gasteiger partial charge in [0, 0.05) is 0 Å². The lowest BCUT2D eigenvalue weighted by Gasteiger charge is -1.89. The molecular formula is C8H6N4. The lowest BCUT2D eigenvalue weighted by atomic mass is 10.2. The fourth-order valence-electron chi connectivity index (χ4n) is 0.908. The van der Waals surface area contributed by atoms with Crippen LogP contribution >= 0.6 is 0 Å². The minimum Gasteiger partial charge on any atom is -0.107 e. The third-order valence-corrected chi connectivity index (χ3v) is 1.43. The van der Waals surface area contributed by atoms with Gasteiger partial charge in [-0.1, -0.05) is 30.3 Å². The fourth-order valence-corrected chi connectivity index (χ4v) is 0.908. The number of benzene rings is 1. The Morgan fingerprint density at radius 2 is 1.58 bits per heavy atom. The maximum absolute atomic E-state index is 3.68. The highest BCUT2D eigenvalue weighted by Gasteiger charge is 1.96. The van der Waals surface area contributed by atoms with Crippen LogP contribution in [0.2, 0.25) is 0 Å². The number of rotatable bonds is 1. The van der Waals surface area contributed by atoms with Crippen molar-refractivity contribution in [2.45, 2.75) is 0 Å². The van der Waals surface area contributed by atoms with Gasteiger partial charge in [0.25, 0.3) is 0 Å². The second-order valence-electron chi connectivity index (χ2n) is 2.29. The molecule has 12 heavy (non-hydrogen) atoms. The normalized spacial score (nSPS) is 13.8. The minimum atomic E-state index is 0.543. The van der Waals surface area contributed by atoms with Crippen LogP contribution in [0.3, 0.4) is 0 Å². The van der Waals surface area contributed by atoms with Gasteiger partial charge >= 0.3 is 0 Å². The van der Waals surface area contributed by atoms with Gasteiger partial charge in [-0.3, -0.25) is 0 Å². The highest BCUT2D eigenvalue weighted by atomic mass is 15.5. The Hall–Kier alpha value is -1.84. The Labute approximate surface area is 69.3 Å². The molecule has 58 valence electrons. The molecule has 0 unspecified atom stereocenters. The van der Waals surface area contributed by atoms with Crippen molar-refractivity contribution in [1.82, 2.24) is 0 Å². The average molecular weight is 158 g/mol. The lowest BCUT2D eigenvalue weighted by Crippen LogP contribution is -1.70. The molecule has 1 aromatic carbocycles. The maximum Gasteiger partial charge on any atom is 0.200 e. The Kier molecular flexibility index (Phi) is 1.74. The van der Waals surface area contributed by atoms with E-state index in [1.54, 1.807) is 0 Å². The predicted molar refractivity (Wildman–Crippen MR) is 44.1 cm³/mol.